The molecule has 1 amide bonds. The van der Waals surface area contributed by atoms with Crippen LogP contribution in [0.15, 0.2) is 18.2 Å². The molecule has 0 atom stereocenters. The minimum atomic E-state index is -0.570. The molecule has 0 radical (unpaired) electrons. The van der Waals surface area contributed by atoms with Crippen LogP contribution in [0.3, 0.4) is 0 Å². The summed E-state index contributed by atoms with van der Waals surface area (Å²) in [5, 5.41) is 3.37. The number of carbonyl (C=O) groups is 3. The number of methoxy groups -OCH3 is 1. The van der Waals surface area contributed by atoms with Crippen LogP contribution in [-0.2, 0) is 30.3 Å². The van der Waals surface area contributed by atoms with Gasteiger partial charge < -0.3 is 14.8 Å². The summed E-state index contributed by atoms with van der Waals surface area (Å²) >= 11 is 11.7. The average Bonchev–Trinajstić information content (AvgIpc) is 2.52. The van der Waals surface area contributed by atoms with Crippen molar-refractivity contribution in [3.05, 3.63) is 33.8 Å². The smallest absolute Gasteiger partial charge is 0.310 e. The summed E-state index contributed by atoms with van der Waals surface area (Å²) in [4.78, 5) is 34.0. The molecular weight excluding hydrogens is 345 g/mol. The first-order valence-electron chi connectivity index (χ1n) is 6.85. The largest absolute Gasteiger partial charge is 0.469 e. The van der Waals surface area contributed by atoms with E-state index in [0.717, 1.165) is 0 Å². The third-order valence-corrected chi connectivity index (χ3v) is 3.41. The Bertz CT molecular complexity index is 577. The van der Waals surface area contributed by atoms with Gasteiger partial charge in [0.25, 0.3) is 5.91 Å². The predicted octanol–water partition coefficient (Wildman–Crippen LogP) is 2.15. The zero-order valence-electron chi connectivity index (χ0n) is 12.6. The maximum absolute atomic E-state index is 11.7. The van der Waals surface area contributed by atoms with Gasteiger partial charge in [-0.15, -0.1) is 0 Å². The van der Waals surface area contributed by atoms with Crippen LogP contribution in [0.25, 0.3) is 0 Å². The van der Waals surface area contributed by atoms with Gasteiger partial charge in [0.15, 0.2) is 6.61 Å². The summed E-state index contributed by atoms with van der Waals surface area (Å²) in [5.74, 6) is -1.35. The fourth-order valence-electron chi connectivity index (χ4n) is 1.63. The second kappa shape index (κ2) is 10.1. The molecule has 0 saturated carbocycles. The van der Waals surface area contributed by atoms with Crippen molar-refractivity contribution in [1.29, 1.82) is 0 Å². The highest BCUT2D eigenvalue weighted by Crippen LogP contribution is 2.21. The van der Waals surface area contributed by atoms with E-state index in [-0.39, 0.29) is 25.4 Å². The number of hydrogen-bond donors (Lipinski definition) is 1. The lowest BCUT2D eigenvalue weighted by Crippen LogP contribution is -2.30. The Hall–Kier alpha value is -1.79. The molecule has 1 rings (SSSR count). The van der Waals surface area contributed by atoms with Gasteiger partial charge in [-0.25, -0.2) is 0 Å². The van der Waals surface area contributed by atoms with Crippen LogP contribution >= 0.6 is 23.2 Å². The molecule has 0 aliphatic carbocycles. The molecule has 0 saturated heterocycles. The fraction of sp³-hybridized carbons (Fsp3) is 0.400. The highest BCUT2D eigenvalue weighted by atomic mass is 35.5. The first kappa shape index (κ1) is 19.3. The van der Waals surface area contributed by atoms with E-state index in [2.05, 4.69) is 10.1 Å². The molecule has 0 unspecified atom stereocenters. The molecule has 8 heteroatoms. The lowest BCUT2D eigenvalue weighted by molar-refractivity contribution is -0.147. The molecular formula is C15H17Cl2NO5. The van der Waals surface area contributed by atoms with E-state index in [0.29, 0.717) is 28.6 Å². The monoisotopic (exact) mass is 361 g/mol. The molecule has 0 aliphatic rings. The minimum Gasteiger partial charge on any atom is -0.469 e. The molecule has 0 heterocycles. The van der Waals surface area contributed by atoms with Crippen molar-refractivity contribution in [2.45, 2.75) is 19.3 Å². The maximum atomic E-state index is 11.7. The highest BCUT2D eigenvalue weighted by molar-refractivity contribution is 6.35. The minimum absolute atomic E-state index is 0.0500. The number of nitrogens with one attached hydrogen (secondary N) is 1. The average molecular weight is 362 g/mol. The van der Waals surface area contributed by atoms with Crippen molar-refractivity contribution in [3.63, 3.8) is 0 Å². The fourth-order valence-corrected chi connectivity index (χ4v) is 2.11. The van der Waals surface area contributed by atoms with Gasteiger partial charge in [0, 0.05) is 23.0 Å². The van der Waals surface area contributed by atoms with E-state index in [4.69, 9.17) is 27.9 Å². The van der Waals surface area contributed by atoms with Crippen molar-refractivity contribution < 1.29 is 23.9 Å². The van der Waals surface area contributed by atoms with E-state index >= 15 is 0 Å². The van der Waals surface area contributed by atoms with Gasteiger partial charge >= 0.3 is 11.9 Å². The van der Waals surface area contributed by atoms with Gasteiger partial charge in [-0.2, -0.15) is 0 Å². The molecule has 0 bridgehead atoms. The summed E-state index contributed by atoms with van der Waals surface area (Å²) in [6, 6.07) is 4.77. The van der Waals surface area contributed by atoms with Crippen LogP contribution in [0, 0.1) is 0 Å². The summed E-state index contributed by atoms with van der Waals surface area (Å²) < 4.78 is 9.33. The van der Waals surface area contributed by atoms with Crippen molar-refractivity contribution in [2.75, 3.05) is 20.3 Å². The zero-order valence-corrected chi connectivity index (χ0v) is 14.1. The summed E-state index contributed by atoms with van der Waals surface area (Å²) in [6.07, 6.45) is 0.615. The molecule has 1 aromatic carbocycles. The lowest BCUT2D eigenvalue weighted by Gasteiger charge is -2.07. The Morgan fingerprint density at radius 2 is 1.91 bits per heavy atom. The lowest BCUT2D eigenvalue weighted by atomic mass is 10.1. The molecule has 0 spiro atoms. The molecule has 126 valence electrons. The Labute approximate surface area is 144 Å². The Balaban J connectivity index is 2.25. The van der Waals surface area contributed by atoms with Gasteiger partial charge in [-0.05, 0) is 24.1 Å². The number of hydrogen-bond acceptors (Lipinski definition) is 5. The van der Waals surface area contributed by atoms with E-state index < -0.39 is 11.9 Å². The Kier molecular flexibility index (Phi) is 8.43. The number of carbonyl (C=O) groups excluding carboxylic acids is 3. The number of rotatable bonds is 8. The second-order valence-electron chi connectivity index (χ2n) is 4.60. The van der Waals surface area contributed by atoms with E-state index in [1.54, 1.807) is 12.1 Å². The topological polar surface area (TPSA) is 81.7 Å². The number of benzene rings is 1. The molecule has 0 aromatic heterocycles. The second-order valence-corrected chi connectivity index (χ2v) is 5.45. The van der Waals surface area contributed by atoms with Gasteiger partial charge in [-0.3, -0.25) is 14.4 Å². The van der Waals surface area contributed by atoms with Crippen molar-refractivity contribution in [1.82, 2.24) is 5.32 Å². The molecule has 1 aromatic rings. The number of esters is 2. The summed E-state index contributed by atoms with van der Waals surface area (Å²) in [7, 11) is 1.30. The standard InChI is InChI=1S/C15H17Cl2NO5/c1-22-14(20)3-2-6-18-13(19)9-23-15(21)7-10-4-5-11(16)8-12(10)17/h4-5,8H,2-3,6-7,9H2,1H3,(H,18,19). The normalized spacial score (nSPS) is 10.0. The first-order chi connectivity index (χ1) is 10.9. The van der Waals surface area contributed by atoms with E-state index in [9.17, 15) is 14.4 Å². The Morgan fingerprint density at radius 3 is 2.57 bits per heavy atom. The predicted molar refractivity (Wildman–Crippen MR) is 85.4 cm³/mol. The van der Waals surface area contributed by atoms with Gasteiger partial charge in [0.2, 0.25) is 0 Å². The molecule has 0 fully saturated rings. The van der Waals surface area contributed by atoms with Gasteiger partial charge in [0.1, 0.15) is 0 Å². The van der Waals surface area contributed by atoms with Crippen LogP contribution in [0.5, 0.6) is 0 Å². The SMILES string of the molecule is COC(=O)CCCNC(=O)COC(=O)Cc1ccc(Cl)cc1Cl. The first-order valence-corrected chi connectivity index (χ1v) is 7.61. The number of halogens is 2. The third kappa shape index (κ3) is 7.85. The summed E-state index contributed by atoms with van der Waals surface area (Å²) in [6.45, 7) is -0.0865. The Morgan fingerprint density at radius 1 is 1.17 bits per heavy atom. The van der Waals surface area contributed by atoms with Crippen LogP contribution in [-0.4, -0.2) is 38.1 Å². The molecule has 0 aliphatic heterocycles. The number of amides is 1. The summed E-state index contributed by atoms with van der Waals surface area (Å²) in [5.41, 5.74) is 0.569. The van der Waals surface area contributed by atoms with Gasteiger partial charge in [-0.1, -0.05) is 29.3 Å². The van der Waals surface area contributed by atoms with Crippen LogP contribution in [0.4, 0.5) is 0 Å². The van der Waals surface area contributed by atoms with Crippen molar-refractivity contribution >= 4 is 41.0 Å². The quantitative estimate of drug-likeness (QED) is 0.566. The maximum Gasteiger partial charge on any atom is 0.310 e. The molecule has 1 N–H and O–H groups in total. The van der Waals surface area contributed by atoms with Crippen molar-refractivity contribution in [2.24, 2.45) is 0 Å². The molecule has 23 heavy (non-hydrogen) atoms. The third-order valence-electron chi connectivity index (χ3n) is 2.82. The van der Waals surface area contributed by atoms with Gasteiger partial charge in [0.05, 0.1) is 13.5 Å². The van der Waals surface area contributed by atoms with E-state index in [1.807, 2.05) is 0 Å². The van der Waals surface area contributed by atoms with Crippen LogP contribution in [0.2, 0.25) is 10.0 Å². The number of ether oxygens (including phenoxy) is 2. The van der Waals surface area contributed by atoms with E-state index in [1.165, 1.54) is 13.2 Å². The molecule has 6 nitrogen and oxygen atoms in total. The van der Waals surface area contributed by atoms with Crippen LogP contribution < -0.4 is 5.32 Å². The van der Waals surface area contributed by atoms with Crippen molar-refractivity contribution in [3.8, 4) is 0 Å². The zero-order chi connectivity index (χ0) is 17.2. The van der Waals surface area contributed by atoms with Crippen LogP contribution in [0.1, 0.15) is 18.4 Å². The highest BCUT2D eigenvalue weighted by Gasteiger charge is 2.11.